The van der Waals surface area contributed by atoms with Gasteiger partial charge in [-0.3, -0.25) is 4.90 Å². The van der Waals surface area contributed by atoms with Crippen LogP contribution in [0.5, 0.6) is 5.75 Å². The third kappa shape index (κ3) is 6.75. The van der Waals surface area contributed by atoms with E-state index in [9.17, 15) is 5.11 Å². The zero-order chi connectivity index (χ0) is 21.4. The van der Waals surface area contributed by atoms with Gasteiger partial charge in [0.05, 0.1) is 12.2 Å². The van der Waals surface area contributed by atoms with E-state index in [-0.39, 0.29) is 0 Å². The molecule has 0 spiro atoms. The van der Waals surface area contributed by atoms with E-state index in [1.165, 1.54) is 5.56 Å². The van der Waals surface area contributed by atoms with Crippen LogP contribution in [-0.2, 0) is 6.54 Å². The van der Waals surface area contributed by atoms with Crippen LogP contribution < -0.4 is 9.64 Å². The summed E-state index contributed by atoms with van der Waals surface area (Å²) in [5, 5.41) is 11.1. The van der Waals surface area contributed by atoms with Crippen molar-refractivity contribution in [2.45, 2.75) is 51.7 Å². The first kappa shape index (κ1) is 22.6. The summed E-state index contributed by atoms with van der Waals surface area (Å²) in [4.78, 5) is 4.68. The van der Waals surface area contributed by atoms with Crippen molar-refractivity contribution in [1.82, 2.24) is 4.90 Å². The molecule has 3 rings (SSSR count). The van der Waals surface area contributed by atoms with Gasteiger partial charge in [-0.05, 0) is 55.0 Å². The molecule has 0 aliphatic carbocycles. The smallest absolute Gasteiger partial charge is 0.119 e. The van der Waals surface area contributed by atoms with Gasteiger partial charge in [0.15, 0.2) is 0 Å². The van der Waals surface area contributed by atoms with Crippen molar-refractivity contribution in [2.75, 3.05) is 38.2 Å². The maximum absolute atomic E-state index is 11.1. The lowest BCUT2D eigenvalue weighted by Gasteiger charge is -2.39. The van der Waals surface area contributed by atoms with Crippen LogP contribution in [0.2, 0.25) is 0 Å². The van der Waals surface area contributed by atoms with Crippen molar-refractivity contribution >= 4 is 5.69 Å². The van der Waals surface area contributed by atoms with Gasteiger partial charge in [-0.15, -0.1) is 0 Å². The SMILES string of the molecule is CCC(C)COc1ccc(N(C)CCC2(O)CCN(Cc3ccccc3)CC2)cc1. The predicted molar refractivity (Wildman–Crippen MR) is 125 cm³/mol. The third-order valence-corrected chi connectivity index (χ3v) is 6.46. The molecule has 0 aromatic heterocycles. The highest BCUT2D eigenvalue weighted by Gasteiger charge is 2.32. The Balaban J connectivity index is 1.42. The molecule has 1 fully saturated rings. The summed E-state index contributed by atoms with van der Waals surface area (Å²) in [6.45, 7) is 8.89. The number of piperidine rings is 1. The normalized spacial score (nSPS) is 17.5. The van der Waals surface area contributed by atoms with E-state index in [0.29, 0.717) is 5.92 Å². The third-order valence-electron chi connectivity index (χ3n) is 6.46. The predicted octanol–water partition coefficient (Wildman–Crippen LogP) is 4.96. The molecule has 30 heavy (non-hydrogen) atoms. The second kappa shape index (κ2) is 10.8. The van der Waals surface area contributed by atoms with E-state index in [1.807, 2.05) is 12.1 Å². The molecule has 1 saturated heterocycles. The number of aliphatic hydroxyl groups is 1. The molecule has 0 bridgehead atoms. The molecule has 4 heteroatoms. The Bertz CT molecular complexity index is 739. The van der Waals surface area contributed by atoms with Crippen LogP contribution in [0.4, 0.5) is 5.69 Å². The van der Waals surface area contributed by atoms with E-state index in [2.05, 4.69) is 73.2 Å². The molecule has 2 aromatic carbocycles. The lowest BCUT2D eigenvalue weighted by Crippen LogP contribution is -2.45. The van der Waals surface area contributed by atoms with Gasteiger partial charge < -0.3 is 14.7 Å². The van der Waals surface area contributed by atoms with Gasteiger partial charge in [-0.2, -0.15) is 0 Å². The minimum Gasteiger partial charge on any atom is -0.493 e. The fraction of sp³-hybridized carbons (Fsp3) is 0.538. The van der Waals surface area contributed by atoms with Crippen LogP contribution in [0.15, 0.2) is 54.6 Å². The minimum atomic E-state index is -0.555. The van der Waals surface area contributed by atoms with Gasteiger partial charge in [0.2, 0.25) is 0 Å². The summed E-state index contributed by atoms with van der Waals surface area (Å²) in [7, 11) is 2.10. The maximum atomic E-state index is 11.1. The molecule has 0 amide bonds. The average molecular weight is 411 g/mol. The van der Waals surface area contributed by atoms with Gasteiger partial charge in [0.25, 0.3) is 0 Å². The van der Waals surface area contributed by atoms with E-state index < -0.39 is 5.60 Å². The van der Waals surface area contributed by atoms with Crippen molar-refractivity contribution in [1.29, 1.82) is 0 Å². The average Bonchev–Trinajstić information content (AvgIpc) is 2.78. The van der Waals surface area contributed by atoms with Gasteiger partial charge in [-0.1, -0.05) is 50.6 Å². The monoisotopic (exact) mass is 410 g/mol. The molecular formula is C26H38N2O2. The first-order valence-electron chi connectivity index (χ1n) is 11.4. The van der Waals surface area contributed by atoms with Crippen LogP contribution in [0, 0.1) is 5.92 Å². The Morgan fingerprint density at radius 2 is 1.73 bits per heavy atom. The molecule has 0 saturated carbocycles. The van der Waals surface area contributed by atoms with Crippen LogP contribution in [0.1, 0.15) is 45.1 Å². The van der Waals surface area contributed by atoms with E-state index in [0.717, 1.165) is 69.9 Å². The Labute approximate surface area is 182 Å². The molecule has 2 aromatic rings. The number of nitrogens with zero attached hydrogens (tertiary/aromatic N) is 2. The molecule has 1 heterocycles. The summed E-state index contributed by atoms with van der Waals surface area (Å²) in [6, 6.07) is 18.9. The largest absolute Gasteiger partial charge is 0.493 e. The van der Waals surface area contributed by atoms with Crippen LogP contribution in [0.25, 0.3) is 0 Å². The summed E-state index contributed by atoms with van der Waals surface area (Å²) >= 11 is 0. The maximum Gasteiger partial charge on any atom is 0.119 e. The summed E-state index contributed by atoms with van der Waals surface area (Å²) in [5.41, 5.74) is 1.95. The van der Waals surface area contributed by atoms with E-state index >= 15 is 0 Å². The highest BCUT2D eigenvalue weighted by atomic mass is 16.5. The fourth-order valence-corrected chi connectivity index (χ4v) is 3.88. The molecule has 164 valence electrons. The van der Waals surface area contributed by atoms with Gasteiger partial charge in [0, 0.05) is 38.9 Å². The van der Waals surface area contributed by atoms with Crippen molar-refractivity contribution in [3.8, 4) is 5.75 Å². The summed E-state index contributed by atoms with van der Waals surface area (Å²) in [6.07, 6.45) is 3.62. The fourth-order valence-electron chi connectivity index (χ4n) is 3.88. The lowest BCUT2D eigenvalue weighted by atomic mass is 9.88. The highest BCUT2D eigenvalue weighted by molar-refractivity contribution is 5.48. The number of anilines is 1. The number of hydrogen-bond acceptors (Lipinski definition) is 4. The van der Waals surface area contributed by atoms with E-state index in [4.69, 9.17) is 4.74 Å². The lowest BCUT2D eigenvalue weighted by molar-refractivity contribution is -0.0275. The number of hydrogen-bond donors (Lipinski definition) is 1. The Morgan fingerprint density at radius 3 is 2.37 bits per heavy atom. The van der Waals surface area contributed by atoms with Gasteiger partial charge in [-0.25, -0.2) is 0 Å². The first-order valence-corrected chi connectivity index (χ1v) is 11.4. The van der Waals surface area contributed by atoms with Gasteiger partial charge in [0.1, 0.15) is 5.75 Å². The summed E-state index contributed by atoms with van der Waals surface area (Å²) in [5.74, 6) is 1.50. The Morgan fingerprint density at radius 1 is 1.07 bits per heavy atom. The molecule has 0 radical (unpaired) electrons. The van der Waals surface area contributed by atoms with Crippen molar-refractivity contribution < 1.29 is 9.84 Å². The van der Waals surface area contributed by atoms with Crippen LogP contribution in [0.3, 0.4) is 0 Å². The molecule has 1 aliphatic heterocycles. The van der Waals surface area contributed by atoms with E-state index in [1.54, 1.807) is 0 Å². The molecule has 4 nitrogen and oxygen atoms in total. The number of ether oxygens (including phenoxy) is 1. The quantitative estimate of drug-likeness (QED) is 0.600. The second-order valence-corrected chi connectivity index (χ2v) is 8.98. The topological polar surface area (TPSA) is 35.9 Å². The standard InChI is InChI=1S/C26H38N2O2/c1-4-22(2)21-30-25-12-10-24(11-13-25)27(3)17-14-26(29)15-18-28(19-16-26)20-23-8-6-5-7-9-23/h5-13,22,29H,4,14-21H2,1-3H3. The molecule has 1 atom stereocenters. The zero-order valence-corrected chi connectivity index (χ0v) is 18.9. The number of rotatable bonds is 10. The minimum absolute atomic E-state index is 0.555. The van der Waals surface area contributed by atoms with Crippen molar-refractivity contribution in [3.63, 3.8) is 0 Å². The molecular weight excluding hydrogens is 372 g/mol. The molecule has 1 aliphatic rings. The number of likely N-dealkylation sites (tertiary alicyclic amines) is 1. The second-order valence-electron chi connectivity index (χ2n) is 8.98. The molecule has 1 N–H and O–H groups in total. The Hall–Kier alpha value is -2.04. The zero-order valence-electron chi connectivity index (χ0n) is 18.9. The van der Waals surface area contributed by atoms with Crippen LogP contribution in [-0.4, -0.2) is 48.9 Å². The summed E-state index contributed by atoms with van der Waals surface area (Å²) < 4.78 is 5.85. The van der Waals surface area contributed by atoms with Crippen molar-refractivity contribution in [3.05, 3.63) is 60.2 Å². The van der Waals surface area contributed by atoms with Gasteiger partial charge >= 0.3 is 0 Å². The Kier molecular flexibility index (Phi) is 8.17. The van der Waals surface area contributed by atoms with Crippen molar-refractivity contribution in [2.24, 2.45) is 5.92 Å². The number of benzene rings is 2. The first-order chi connectivity index (χ1) is 14.5. The highest BCUT2D eigenvalue weighted by Crippen LogP contribution is 2.28. The molecule has 1 unspecified atom stereocenters. The van der Waals surface area contributed by atoms with Crippen LogP contribution >= 0.6 is 0 Å².